The van der Waals surface area contributed by atoms with E-state index < -0.39 is 9.85 Å². The van der Waals surface area contributed by atoms with Crippen LogP contribution in [0.5, 0.6) is 34.5 Å². The number of nitrogen functional groups attached to an aromatic ring is 3. The summed E-state index contributed by atoms with van der Waals surface area (Å²) in [5.74, 6) is 4.63. The zero-order chi connectivity index (χ0) is 82.5. The number of nitro benzene ring substituents is 2. The SMILES string of the molecule is COc1cc(C)c(N)c([N+](=O)[O-])c1.COc1cc(N)c2nccnc2c1.COc1cc(N2CCN(Cc3ccccc3)CC2)c2nccnc2c1.COc1cc(N2CCNCC2)c2nccnc2c1.COc1ccc(N)c([N+](=O)[O-])c1.[C-]#[N+]c1ccc2c(c1)c(C1CCC(N3CCN(c4cc(OC)cc5nccnc45)CC3)CC1)cn2C. The Balaban J connectivity index is 0.000000137. The molecule has 0 unspecified atom stereocenters. The maximum atomic E-state index is 10.5. The highest BCUT2D eigenvalue weighted by molar-refractivity contribution is 5.93. The van der Waals surface area contributed by atoms with E-state index >= 15 is 0 Å². The van der Waals surface area contributed by atoms with Crippen LogP contribution in [0.25, 0.3) is 59.9 Å². The smallest absolute Gasteiger partial charge is 0.296 e. The number of nitrogens with two attached hydrogens (primary N) is 3. The lowest BCUT2D eigenvalue weighted by Gasteiger charge is -2.42. The van der Waals surface area contributed by atoms with Crippen molar-refractivity contribution in [2.45, 2.75) is 51.1 Å². The van der Waals surface area contributed by atoms with Gasteiger partial charge in [0.1, 0.15) is 67.9 Å². The van der Waals surface area contributed by atoms with Crippen LogP contribution < -0.4 is 65.6 Å². The molecule has 0 radical (unpaired) electrons. The van der Waals surface area contributed by atoms with Gasteiger partial charge in [0.2, 0.25) is 0 Å². The standard InChI is InChI=1S/C29H32N6O.C20H22N4O.C13H16N4O.C9H9N3O.C8H10N2O3.C7H8N2O3/c1-30-21-6-9-27-24(16-21)25(19-33(27)2)20-4-7-22(8-5-20)34-12-14-35(15-13-34)28-18-23(36-3)17-26-29(28)32-11-10-31-26;1-25-17-13-18-20(22-8-7-21-18)19(14-17)24-11-9-23(10-12-24)15-16-5-3-2-4-6-16;1-18-10-8-11-13(16-3-2-15-11)12(9-10)17-6-4-14-5-7-17;1-13-6-4-7(10)9-8(5-6)11-2-3-12-9;1-5-3-6(13-2)4-7(8(5)9)10(11)12;1-12-5-2-3-6(8)7(4-5)9(10)11/h6,9-11,16-20,22H,4-5,7-8,12-15H2,2-3H3;2-8,13-14H,9-12,15H2,1H3;2-3,8-9,14H,4-7H2,1H3;2-5H,10H2,1H3;3-4H,9H2,1-2H3;2-4H,8H2,1H3. The van der Waals surface area contributed by atoms with Gasteiger partial charge in [-0.15, -0.1) is 0 Å². The van der Waals surface area contributed by atoms with E-state index in [1.54, 1.807) is 109 Å². The normalized spacial score (nSPS) is 15.4. The number of ether oxygens (including phenoxy) is 6. The summed E-state index contributed by atoms with van der Waals surface area (Å²) in [6.07, 6.45) is 20.9. The molecule has 1 saturated carbocycles. The predicted octanol–water partition coefficient (Wildman–Crippen LogP) is 13.4. The lowest BCUT2D eigenvalue weighted by atomic mass is 9.81. The summed E-state index contributed by atoms with van der Waals surface area (Å²) >= 11 is 0. The van der Waals surface area contributed by atoms with Crippen molar-refractivity contribution in [2.75, 3.05) is 153 Å². The Morgan fingerprint density at radius 3 is 1.41 bits per heavy atom. The number of aromatic nitrogens is 9. The molecule has 8 aromatic carbocycles. The number of hydrogen-bond acceptors (Lipinski definition) is 27. The zero-order valence-corrected chi connectivity index (χ0v) is 66.9. The lowest BCUT2D eigenvalue weighted by Crippen LogP contribution is -2.51. The van der Waals surface area contributed by atoms with Crippen LogP contribution in [0.3, 0.4) is 0 Å². The summed E-state index contributed by atoms with van der Waals surface area (Å²) in [6, 6.07) is 40.2. The third kappa shape index (κ3) is 20.5. The third-order valence-corrected chi connectivity index (χ3v) is 21.2. The van der Waals surface area contributed by atoms with Crippen molar-refractivity contribution in [2.24, 2.45) is 7.05 Å². The van der Waals surface area contributed by atoms with Gasteiger partial charge in [0.05, 0.1) is 116 Å². The Hall–Kier alpha value is -13.6. The second-order valence-corrected chi connectivity index (χ2v) is 28.2. The minimum atomic E-state index is -0.544. The minimum Gasteiger partial charge on any atom is -0.497 e. The monoisotopic (exact) mass is 1580 g/mol. The average molecular weight is 1580 g/mol. The van der Waals surface area contributed by atoms with Gasteiger partial charge in [-0.25, -0.2) is 4.85 Å². The van der Waals surface area contributed by atoms with Gasteiger partial charge in [-0.05, 0) is 90.9 Å². The van der Waals surface area contributed by atoms with Crippen molar-refractivity contribution >= 4 is 106 Å². The van der Waals surface area contributed by atoms with E-state index in [-0.39, 0.29) is 22.7 Å². The van der Waals surface area contributed by atoms with Crippen molar-refractivity contribution in [3.05, 3.63) is 232 Å². The molecular weight excluding hydrogens is 1490 g/mol. The Morgan fingerprint density at radius 2 is 0.923 bits per heavy atom. The van der Waals surface area contributed by atoms with Gasteiger partial charge in [0, 0.05) is 208 Å². The Bertz CT molecular complexity index is 5610. The molecule has 606 valence electrons. The van der Waals surface area contributed by atoms with Gasteiger partial charge in [0.15, 0.2) is 5.69 Å². The van der Waals surface area contributed by atoms with Crippen molar-refractivity contribution < 1.29 is 38.3 Å². The van der Waals surface area contributed by atoms with Gasteiger partial charge >= 0.3 is 0 Å². The van der Waals surface area contributed by atoms with Gasteiger partial charge in [-0.1, -0.05) is 36.4 Å². The number of fused-ring (bicyclic) bond motifs is 5. The van der Waals surface area contributed by atoms with Gasteiger partial charge in [-0.3, -0.25) is 69.9 Å². The molecule has 3 aliphatic heterocycles. The van der Waals surface area contributed by atoms with E-state index in [1.165, 1.54) is 80.1 Å². The first-order chi connectivity index (χ1) is 56.9. The predicted molar refractivity (Wildman–Crippen MR) is 459 cm³/mol. The molecule has 0 atom stereocenters. The van der Waals surface area contributed by atoms with Crippen LogP contribution in [0.2, 0.25) is 0 Å². The Morgan fingerprint density at radius 1 is 0.479 bits per heavy atom. The number of aryl methyl sites for hydroxylation is 2. The van der Waals surface area contributed by atoms with Crippen LogP contribution in [-0.4, -0.2) is 191 Å². The van der Waals surface area contributed by atoms with Crippen molar-refractivity contribution in [3.8, 4) is 34.5 Å². The molecule has 0 spiro atoms. The van der Waals surface area contributed by atoms with Crippen molar-refractivity contribution in [1.82, 2.24) is 59.6 Å². The zero-order valence-electron chi connectivity index (χ0n) is 66.9. The molecule has 31 nitrogen and oxygen atoms in total. The lowest BCUT2D eigenvalue weighted by molar-refractivity contribution is -0.384. The van der Waals surface area contributed by atoms with Crippen LogP contribution >= 0.6 is 0 Å². The van der Waals surface area contributed by atoms with E-state index in [9.17, 15) is 20.2 Å². The van der Waals surface area contributed by atoms with Crippen LogP contribution in [0.4, 0.5) is 51.2 Å². The number of rotatable bonds is 15. The van der Waals surface area contributed by atoms with Crippen LogP contribution in [-0.2, 0) is 13.6 Å². The molecule has 17 rings (SSSR count). The first kappa shape index (κ1) is 82.9. The van der Waals surface area contributed by atoms with E-state index in [0.29, 0.717) is 46.0 Å². The molecule has 5 aromatic heterocycles. The van der Waals surface area contributed by atoms with E-state index in [0.717, 1.165) is 164 Å². The molecule has 7 N–H and O–H groups in total. The number of benzene rings is 8. The summed E-state index contributed by atoms with van der Waals surface area (Å²) in [7, 11) is 11.7. The maximum Gasteiger partial charge on any atom is 0.296 e. The summed E-state index contributed by atoms with van der Waals surface area (Å²) < 4.78 is 33.3. The summed E-state index contributed by atoms with van der Waals surface area (Å²) in [5, 5.41) is 25.5. The van der Waals surface area contributed by atoms with Crippen LogP contribution in [0.15, 0.2) is 183 Å². The average Bonchev–Trinajstić information content (AvgIpc) is 1.74. The topological polar surface area (TPSA) is 360 Å². The summed E-state index contributed by atoms with van der Waals surface area (Å²) in [5.41, 5.74) is 33.0. The highest BCUT2D eigenvalue weighted by atomic mass is 16.6. The molecule has 3 saturated heterocycles. The van der Waals surface area contributed by atoms with Crippen molar-refractivity contribution in [3.63, 3.8) is 0 Å². The molecular formula is C86H97N21O10. The molecule has 8 heterocycles. The third-order valence-electron chi connectivity index (χ3n) is 21.2. The summed E-state index contributed by atoms with van der Waals surface area (Å²) in [6.45, 7) is 22.2. The summed E-state index contributed by atoms with van der Waals surface area (Å²) in [4.78, 5) is 71.0. The molecule has 13 aromatic rings. The molecule has 4 aliphatic rings. The van der Waals surface area contributed by atoms with Crippen molar-refractivity contribution in [1.29, 1.82) is 0 Å². The molecule has 0 bridgehead atoms. The Kier molecular flexibility index (Phi) is 27.9. The van der Waals surface area contributed by atoms with Gasteiger partial charge in [0.25, 0.3) is 11.4 Å². The molecule has 31 heteroatoms. The van der Waals surface area contributed by atoms with Gasteiger partial charge in [-0.2, -0.15) is 0 Å². The largest absolute Gasteiger partial charge is 0.497 e. The molecule has 4 fully saturated rings. The number of nitrogens with zero attached hydrogens (tertiary/aromatic N) is 17. The van der Waals surface area contributed by atoms with E-state index in [2.05, 4.69) is 147 Å². The number of piperazine rings is 3. The molecule has 117 heavy (non-hydrogen) atoms. The first-order valence-electron chi connectivity index (χ1n) is 38.4. The highest BCUT2D eigenvalue weighted by Gasteiger charge is 2.32. The van der Waals surface area contributed by atoms with E-state index in [1.807, 2.05) is 30.3 Å². The number of methoxy groups -OCH3 is 6. The second-order valence-electron chi connectivity index (χ2n) is 28.2. The highest BCUT2D eigenvalue weighted by Crippen LogP contribution is 2.42. The first-order valence-corrected chi connectivity index (χ1v) is 38.4. The quantitative estimate of drug-likeness (QED) is 0.0320. The maximum absolute atomic E-state index is 10.5. The number of anilines is 6. The Labute approximate surface area is 678 Å². The fraction of sp³-hybridized carbons (Fsp3) is 0.314. The van der Waals surface area contributed by atoms with Gasteiger partial charge < -0.3 is 70.2 Å². The van der Waals surface area contributed by atoms with E-state index in [4.69, 9.17) is 52.2 Å². The van der Waals surface area contributed by atoms with Crippen LogP contribution in [0, 0.1) is 33.7 Å². The molecule has 0 amide bonds. The number of hydrogen-bond donors (Lipinski definition) is 4. The fourth-order valence-electron chi connectivity index (χ4n) is 15.0. The van der Waals surface area contributed by atoms with Crippen LogP contribution in [0.1, 0.15) is 48.3 Å². The second kappa shape index (κ2) is 39.5. The minimum absolute atomic E-state index is 0.114. The number of nitrogens with one attached hydrogen (secondary N) is 1. The molecule has 1 aliphatic carbocycles. The number of nitro groups is 2. The fourth-order valence-corrected chi connectivity index (χ4v) is 15.0.